The Morgan fingerprint density at radius 2 is 1.17 bits per heavy atom. The van der Waals surface area contributed by atoms with Gasteiger partial charge in [-0.05, 0) is 33.2 Å². The van der Waals surface area contributed by atoms with Crippen molar-refractivity contribution in [1.29, 1.82) is 0 Å². The number of rotatable bonds is 2. The molecule has 2 heteroatoms. The molecule has 6 aromatic carbocycles. The molecule has 0 saturated heterocycles. The van der Waals surface area contributed by atoms with E-state index in [0.29, 0.717) is 0 Å². The quantitative estimate of drug-likeness (QED) is 0.241. The summed E-state index contributed by atoms with van der Waals surface area (Å²) in [5.41, 5.74) is 4.55. The fourth-order valence-electron chi connectivity index (χ4n) is 5.99. The molecule has 2 aromatic heterocycles. The van der Waals surface area contributed by atoms with Crippen LogP contribution >= 0.6 is 11.3 Å². The van der Waals surface area contributed by atoms with Gasteiger partial charge in [0.2, 0.25) is 0 Å². The largest absolute Gasteiger partial charge is 0.456 e. The Balaban J connectivity index is 1.39. The molecule has 0 aliphatic carbocycles. The third kappa shape index (κ3) is 2.71. The van der Waals surface area contributed by atoms with Gasteiger partial charge in [0.25, 0.3) is 0 Å². The molecule has 1 nitrogen and oxygen atoms in total. The van der Waals surface area contributed by atoms with E-state index >= 15 is 0 Å². The molecule has 170 valence electrons. The lowest BCUT2D eigenvalue weighted by molar-refractivity contribution is 0.660. The Morgan fingerprint density at radius 1 is 0.528 bits per heavy atom. The minimum atomic E-state index is 0.198. The lowest BCUT2D eigenvalue weighted by atomic mass is 9.90. The number of hydrogen-bond donors (Lipinski definition) is 0. The monoisotopic (exact) mass is 478 g/mol. The molecule has 0 aliphatic rings. The molecule has 0 N–H and O–H groups in total. The minimum Gasteiger partial charge on any atom is -0.456 e. The van der Waals surface area contributed by atoms with Gasteiger partial charge in [-0.2, -0.15) is 0 Å². The number of furan rings is 1. The van der Waals surface area contributed by atoms with Gasteiger partial charge in [0.05, 0.1) is 0 Å². The van der Waals surface area contributed by atoms with Crippen molar-refractivity contribution in [3.63, 3.8) is 0 Å². The topological polar surface area (TPSA) is 13.1 Å². The SMILES string of the molecule is CC(c1cccc2c1oc1ccc3ccccc3c12)c1cccc2c1sc1c3ccccc3ccc21. The van der Waals surface area contributed by atoms with Crippen LogP contribution in [0.3, 0.4) is 0 Å². The molecule has 36 heavy (non-hydrogen) atoms. The summed E-state index contributed by atoms with van der Waals surface area (Å²) in [6.07, 6.45) is 0. The standard InChI is InChI=1S/C34H22OS/c1-20(23-12-6-15-29-31-25-10-4-2-8-21(25)17-19-30(31)35-32(23)29)24-13-7-14-27-28-18-16-22-9-3-5-11-26(22)34(28)36-33(24)27/h2-20H,1H3. The molecule has 8 rings (SSSR count). The van der Waals surface area contributed by atoms with Gasteiger partial charge in [-0.25, -0.2) is 0 Å². The van der Waals surface area contributed by atoms with E-state index in [4.69, 9.17) is 4.42 Å². The summed E-state index contributed by atoms with van der Waals surface area (Å²) in [5, 5.41) is 10.2. The van der Waals surface area contributed by atoms with Gasteiger partial charge >= 0.3 is 0 Å². The van der Waals surface area contributed by atoms with Crippen LogP contribution in [0.1, 0.15) is 24.0 Å². The first kappa shape index (κ1) is 20.1. The summed E-state index contributed by atoms with van der Waals surface area (Å²) in [6.45, 7) is 2.32. The van der Waals surface area contributed by atoms with E-state index in [-0.39, 0.29) is 5.92 Å². The summed E-state index contributed by atoms with van der Waals surface area (Å²) in [4.78, 5) is 0. The van der Waals surface area contributed by atoms with Crippen molar-refractivity contribution in [2.24, 2.45) is 0 Å². The van der Waals surface area contributed by atoms with Gasteiger partial charge in [0, 0.05) is 42.4 Å². The zero-order valence-corrected chi connectivity index (χ0v) is 20.6. The lowest BCUT2D eigenvalue weighted by Gasteiger charge is -2.14. The van der Waals surface area contributed by atoms with Gasteiger partial charge in [0.1, 0.15) is 11.2 Å². The first-order valence-electron chi connectivity index (χ1n) is 12.4. The van der Waals surface area contributed by atoms with Crippen molar-refractivity contribution in [3.05, 3.63) is 120 Å². The first-order chi connectivity index (χ1) is 17.8. The minimum absolute atomic E-state index is 0.198. The summed E-state index contributed by atoms with van der Waals surface area (Å²) >= 11 is 1.92. The maximum atomic E-state index is 6.57. The second-order valence-corrected chi connectivity index (χ2v) is 10.7. The Kier molecular flexibility index (Phi) is 4.15. The van der Waals surface area contributed by atoms with Crippen molar-refractivity contribution in [3.8, 4) is 0 Å². The summed E-state index contributed by atoms with van der Waals surface area (Å²) in [7, 11) is 0. The third-order valence-corrected chi connectivity index (χ3v) is 9.07. The van der Waals surface area contributed by atoms with Crippen LogP contribution in [0.25, 0.3) is 63.7 Å². The molecule has 0 bridgehead atoms. The molecule has 0 amide bonds. The maximum Gasteiger partial charge on any atom is 0.139 e. The molecule has 0 aliphatic heterocycles. The highest BCUT2D eigenvalue weighted by molar-refractivity contribution is 7.26. The van der Waals surface area contributed by atoms with E-state index in [1.54, 1.807) is 0 Å². The molecule has 8 aromatic rings. The second kappa shape index (κ2) is 7.43. The average molecular weight is 479 g/mol. The molecule has 0 fully saturated rings. The summed E-state index contributed by atoms with van der Waals surface area (Å²) in [5.74, 6) is 0.198. The number of thiophene rings is 1. The molecule has 0 saturated carbocycles. The number of para-hydroxylation sites is 1. The van der Waals surface area contributed by atoms with Crippen LogP contribution in [0.2, 0.25) is 0 Å². The van der Waals surface area contributed by atoms with Crippen molar-refractivity contribution in [2.75, 3.05) is 0 Å². The van der Waals surface area contributed by atoms with Crippen LogP contribution in [-0.2, 0) is 0 Å². The van der Waals surface area contributed by atoms with Crippen LogP contribution in [0.4, 0.5) is 0 Å². The smallest absolute Gasteiger partial charge is 0.139 e. The fraction of sp³-hybridized carbons (Fsp3) is 0.0588. The predicted octanol–water partition coefficient (Wildman–Crippen LogP) is 10.4. The first-order valence-corrected chi connectivity index (χ1v) is 13.3. The van der Waals surface area contributed by atoms with Crippen LogP contribution in [0.15, 0.2) is 114 Å². The Morgan fingerprint density at radius 3 is 2.03 bits per heavy atom. The Bertz CT molecular complexity index is 2110. The molecule has 1 atom stereocenters. The third-order valence-electron chi connectivity index (χ3n) is 7.77. The highest BCUT2D eigenvalue weighted by Gasteiger charge is 2.21. The zero-order valence-electron chi connectivity index (χ0n) is 19.8. The van der Waals surface area contributed by atoms with E-state index in [0.717, 1.165) is 11.2 Å². The Labute approximate surface area is 212 Å². The normalized spacial score (nSPS) is 13.0. The summed E-state index contributed by atoms with van der Waals surface area (Å²) in [6, 6.07) is 39.5. The number of hydrogen-bond acceptors (Lipinski definition) is 2. The van der Waals surface area contributed by atoms with Crippen LogP contribution < -0.4 is 0 Å². The van der Waals surface area contributed by atoms with E-state index in [1.807, 2.05) is 11.3 Å². The van der Waals surface area contributed by atoms with Crippen LogP contribution in [-0.4, -0.2) is 0 Å². The van der Waals surface area contributed by atoms with Gasteiger partial charge in [-0.15, -0.1) is 11.3 Å². The zero-order chi connectivity index (χ0) is 23.8. The highest BCUT2D eigenvalue weighted by Crippen LogP contribution is 2.44. The number of fused-ring (bicyclic) bond motifs is 10. The molecule has 0 spiro atoms. The highest BCUT2D eigenvalue weighted by atomic mass is 32.1. The molecule has 1 unspecified atom stereocenters. The van der Waals surface area contributed by atoms with Gasteiger partial charge in [0.15, 0.2) is 0 Å². The van der Waals surface area contributed by atoms with Crippen molar-refractivity contribution < 1.29 is 4.42 Å². The van der Waals surface area contributed by atoms with Gasteiger partial charge in [-0.3, -0.25) is 0 Å². The van der Waals surface area contributed by atoms with E-state index in [9.17, 15) is 0 Å². The van der Waals surface area contributed by atoms with Crippen molar-refractivity contribution in [2.45, 2.75) is 12.8 Å². The van der Waals surface area contributed by atoms with E-state index < -0.39 is 0 Å². The molecule has 0 radical (unpaired) electrons. The van der Waals surface area contributed by atoms with Gasteiger partial charge in [-0.1, -0.05) is 110 Å². The summed E-state index contributed by atoms with van der Waals surface area (Å²) < 4.78 is 9.31. The molecular formula is C34H22OS. The van der Waals surface area contributed by atoms with Crippen LogP contribution in [0.5, 0.6) is 0 Å². The second-order valence-electron chi connectivity index (χ2n) is 9.70. The van der Waals surface area contributed by atoms with E-state index in [2.05, 4.69) is 116 Å². The maximum absolute atomic E-state index is 6.57. The van der Waals surface area contributed by atoms with Gasteiger partial charge < -0.3 is 4.42 Å². The average Bonchev–Trinajstić information content (AvgIpc) is 3.51. The van der Waals surface area contributed by atoms with Crippen molar-refractivity contribution in [1.82, 2.24) is 0 Å². The van der Waals surface area contributed by atoms with Crippen LogP contribution in [0, 0.1) is 0 Å². The number of benzene rings is 6. The van der Waals surface area contributed by atoms with E-state index in [1.165, 1.54) is 63.6 Å². The lowest BCUT2D eigenvalue weighted by Crippen LogP contribution is -1.96. The van der Waals surface area contributed by atoms with Crippen molar-refractivity contribution >= 4 is 75.0 Å². The predicted molar refractivity (Wildman–Crippen MR) is 156 cm³/mol. The fourth-order valence-corrected chi connectivity index (χ4v) is 7.43. The molecular weight excluding hydrogens is 456 g/mol. The Hall–Kier alpha value is -4.14. The molecule has 2 heterocycles.